The van der Waals surface area contributed by atoms with E-state index in [2.05, 4.69) is 16.1 Å². The summed E-state index contributed by atoms with van der Waals surface area (Å²) in [4.78, 5) is 16.5. The lowest BCUT2D eigenvalue weighted by molar-refractivity contribution is -0.135. The summed E-state index contributed by atoms with van der Waals surface area (Å²) in [6.45, 7) is 2.37. The maximum absolute atomic E-state index is 11.9. The molecule has 0 fully saturated rings. The van der Waals surface area contributed by atoms with Crippen LogP contribution in [0, 0.1) is 6.07 Å². The standard InChI is InChI=1S/C13H15ClNO3/c1-3-4-9-18-13(16)12(15-17-2)10-7-5-6-8-11(10)14/h6-8H,3-4,9H2,1-2H3. The third-order valence-electron chi connectivity index (χ3n) is 2.17. The van der Waals surface area contributed by atoms with E-state index in [1.165, 1.54) is 7.11 Å². The first-order valence-electron chi connectivity index (χ1n) is 5.65. The fraction of sp³-hybridized carbons (Fsp3) is 0.385. The molecule has 0 atom stereocenters. The molecule has 1 aromatic carbocycles. The van der Waals surface area contributed by atoms with E-state index in [-0.39, 0.29) is 5.71 Å². The van der Waals surface area contributed by atoms with Gasteiger partial charge in [0.25, 0.3) is 0 Å². The second-order valence-electron chi connectivity index (χ2n) is 3.52. The smallest absolute Gasteiger partial charge is 0.361 e. The molecule has 1 aromatic rings. The summed E-state index contributed by atoms with van der Waals surface area (Å²) in [7, 11) is 1.36. The molecule has 0 saturated heterocycles. The first kappa shape index (κ1) is 14.5. The molecule has 4 nitrogen and oxygen atoms in total. The molecule has 97 valence electrons. The van der Waals surface area contributed by atoms with Gasteiger partial charge >= 0.3 is 5.97 Å². The number of ether oxygens (including phenoxy) is 1. The van der Waals surface area contributed by atoms with Gasteiger partial charge in [0.1, 0.15) is 7.11 Å². The van der Waals surface area contributed by atoms with Gasteiger partial charge in [0.05, 0.1) is 11.6 Å². The van der Waals surface area contributed by atoms with E-state index in [1.807, 2.05) is 6.92 Å². The number of esters is 1. The number of hydrogen-bond acceptors (Lipinski definition) is 4. The minimum absolute atomic E-state index is 0.0513. The highest BCUT2D eigenvalue weighted by molar-refractivity contribution is 6.47. The number of nitrogens with zero attached hydrogens (tertiary/aromatic N) is 1. The van der Waals surface area contributed by atoms with Crippen LogP contribution in [0.3, 0.4) is 0 Å². The lowest BCUT2D eigenvalue weighted by Gasteiger charge is -2.07. The molecule has 1 rings (SSSR count). The van der Waals surface area contributed by atoms with Crippen LogP contribution < -0.4 is 0 Å². The van der Waals surface area contributed by atoms with Crippen molar-refractivity contribution in [3.63, 3.8) is 0 Å². The average molecular weight is 269 g/mol. The second-order valence-corrected chi connectivity index (χ2v) is 3.93. The molecule has 0 spiro atoms. The zero-order valence-electron chi connectivity index (χ0n) is 10.4. The average Bonchev–Trinajstić information content (AvgIpc) is 2.37. The van der Waals surface area contributed by atoms with Crippen molar-refractivity contribution in [1.29, 1.82) is 0 Å². The maximum Gasteiger partial charge on any atom is 0.361 e. The summed E-state index contributed by atoms with van der Waals surface area (Å²) in [5, 5.41) is 4.07. The summed E-state index contributed by atoms with van der Waals surface area (Å²) >= 11 is 6.00. The Morgan fingerprint density at radius 2 is 2.33 bits per heavy atom. The molecule has 0 aliphatic carbocycles. The molecule has 5 heteroatoms. The molecule has 0 unspecified atom stereocenters. The van der Waals surface area contributed by atoms with Crippen LogP contribution in [0.15, 0.2) is 23.4 Å². The topological polar surface area (TPSA) is 47.9 Å². The van der Waals surface area contributed by atoms with Gasteiger partial charge in [0, 0.05) is 5.56 Å². The number of unbranched alkanes of at least 4 members (excludes halogenated alkanes) is 1. The molecular weight excluding hydrogens is 254 g/mol. The minimum atomic E-state index is -0.549. The lowest BCUT2D eigenvalue weighted by atomic mass is 10.1. The van der Waals surface area contributed by atoms with Gasteiger partial charge in [-0.3, -0.25) is 0 Å². The Bertz CT molecular complexity index is 432. The van der Waals surface area contributed by atoms with Crippen molar-refractivity contribution >= 4 is 23.3 Å². The zero-order chi connectivity index (χ0) is 13.4. The van der Waals surface area contributed by atoms with Gasteiger partial charge in [-0.15, -0.1) is 0 Å². The van der Waals surface area contributed by atoms with Crippen molar-refractivity contribution < 1.29 is 14.4 Å². The van der Waals surface area contributed by atoms with E-state index in [0.29, 0.717) is 17.2 Å². The van der Waals surface area contributed by atoms with E-state index < -0.39 is 5.97 Å². The van der Waals surface area contributed by atoms with Crippen LogP contribution in [0.5, 0.6) is 0 Å². The van der Waals surface area contributed by atoms with Gasteiger partial charge < -0.3 is 9.57 Å². The van der Waals surface area contributed by atoms with Crippen LogP contribution >= 0.6 is 11.6 Å². The Labute approximate surface area is 112 Å². The highest BCUT2D eigenvalue weighted by Gasteiger charge is 2.19. The number of halogens is 1. The van der Waals surface area contributed by atoms with Crippen LogP contribution in [0.4, 0.5) is 0 Å². The molecule has 0 bridgehead atoms. The van der Waals surface area contributed by atoms with Crippen molar-refractivity contribution in [2.45, 2.75) is 19.8 Å². The SMILES string of the molecule is CCCCOC(=O)C(=NOC)c1c[c]ccc1Cl. The van der Waals surface area contributed by atoms with Crippen LogP contribution in [0.1, 0.15) is 25.3 Å². The molecule has 0 amide bonds. The molecule has 0 heterocycles. The summed E-state index contributed by atoms with van der Waals surface area (Å²) in [5.41, 5.74) is 0.498. The van der Waals surface area contributed by atoms with Crippen LogP contribution in [0.25, 0.3) is 0 Å². The lowest BCUT2D eigenvalue weighted by Crippen LogP contribution is -2.20. The van der Waals surface area contributed by atoms with Crippen molar-refractivity contribution in [2.24, 2.45) is 5.16 Å². The van der Waals surface area contributed by atoms with Gasteiger partial charge in [-0.05, 0) is 24.6 Å². The summed E-state index contributed by atoms with van der Waals surface area (Å²) < 4.78 is 5.08. The van der Waals surface area contributed by atoms with E-state index >= 15 is 0 Å². The predicted molar refractivity (Wildman–Crippen MR) is 69.7 cm³/mol. The monoisotopic (exact) mass is 268 g/mol. The van der Waals surface area contributed by atoms with Crippen molar-refractivity contribution in [1.82, 2.24) is 0 Å². The fourth-order valence-corrected chi connectivity index (χ4v) is 1.47. The Morgan fingerprint density at radius 3 is 2.94 bits per heavy atom. The molecular formula is C13H15ClNO3. The van der Waals surface area contributed by atoms with E-state index in [9.17, 15) is 4.79 Å². The summed E-state index contributed by atoms with van der Waals surface area (Å²) in [6, 6.07) is 7.68. The quantitative estimate of drug-likeness (QED) is 0.345. The van der Waals surface area contributed by atoms with Gasteiger partial charge in [0.15, 0.2) is 5.71 Å². The molecule has 0 saturated carbocycles. The molecule has 0 N–H and O–H groups in total. The third-order valence-corrected chi connectivity index (χ3v) is 2.50. The normalized spacial score (nSPS) is 11.2. The van der Waals surface area contributed by atoms with E-state index in [4.69, 9.17) is 16.3 Å². The van der Waals surface area contributed by atoms with E-state index in [0.717, 1.165) is 12.8 Å². The van der Waals surface area contributed by atoms with E-state index in [1.54, 1.807) is 18.2 Å². The summed E-state index contributed by atoms with van der Waals surface area (Å²) in [5.74, 6) is -0.549. The molecule has 18 heavy (non-hydrogen) atoms. The number of rotatable bonds is 6. The molecule has 0 aliphatic heterocycles. The largest absolute Gasteiger partial charge is 0.461 e. The molecule has 1 radical (unpaired) electrons. The highest BCUT2D eigenvalue weighted by Crippen LogP contribution is 2.16. The zero-order valence-corrected chi connectivity index (χ0v) is 11.2. The Hall–Kier alpha value is -1.55. The Balaban J connectivity index is 2.87. The van der Waals surface area contributed by atoms with Gasteiger partial charge in [0.2, 0.25) is 0 Å². The minimum Gasteiger partial charge on any atom is -0.461 e. The Kier molecular flexibility index (Phi) is 6.22. The van der Waals surface area contributed by atoms with Gasteiger partial charge in [-0.25, -0.2) is 4.79 Å². The highest BCUT2D eigenvalue weighted by atomic mass is 35.5. The third kappa shape index (κ3) is 4.04. The number of oxime groups is 1. The van der Waals surface area contributed by atoms with Gasteiger partial charge in [-0.2, -0.15) is 0 Å². The molecule has 0 aliphatic rings. The maximum atomic E-state index is 11.9. The van der Waals surface area contributed by atoms with Crippen LogP contribution in [0.2, 0.25) is 5.02 Å². The molecule has 0 aromatic heterocycles. The number of carbonyl (C=O) groups is 1. The van der Waals surface area contributed by atoms with Crippen molar-refractivity contribution in [3.05, 3.63) is 34.9 Å². The fourth-order valence-electron chi connectivity index (χ4n) is 1.26. The Morgan fingerprint density at radius 1 is 1.56 bits per heavy atom. The van der Waals surface area contributed by atoms with Crippen molar-refractivity contribution in [2.75, 3.05) is 13.7 Å². The first-order valence-corrected chi connectivity index (χ1v) is 6.02. The first-order chi connectivity index (χ1) is 8.70. The second kappa shape index (κ2) is 7.71. The van der Waals surface area contributed by atoms with Crippen molar-refractivity contribution in [3.8, 4) is 0 Å². The predicted octanol–water partition coefficient (Wildman–Crippen LogP) is 2.83. The van der Waals surface area contributed by atoms with Gasteiger partial charge in [-0.1, -0.05) is 36.2 Å². The number of hydrogen-bond donors (Lipinski definition) is 0. The number of benzene rings is 1. The van der Waals surface area contributed by atoms with Crippen LogP contribution in [-0.2, 0) is 14.4 Å². The summed E-state index contributed by atoms with van der Waals surface area (Å²) in [6.07, 6.45) is 1.75. The van der Waals surface area contributed by atoms with Crippen LogP contribution in [-0.4, -0.2) is 25.4 Å². The number of carbonyl (C=O) groups excluding carboxylic acids is 1.